The fraction of sp³-hybridized carbons (Fsp3) is 0.435. The van der Waals surface area contributed by atoms with Gasteiger partial charge in [0.25, 0.3) is 0 Å². The molecule has 2 aromatic carbocycles. The lowest BCUT2D eigenvalue weighted by Crippen LogP contribution is -2.51. The number of sulfonamides is 1. The molecule has 2 aromatic rings. The molecule has 5 rings (SSSR count). The number of fused-ring (bicyclic) bond motifs is 1. The number of hydrogen-bond donors (Lipinski definition) is 0. The molecular weight excluding hydrogens is 420 g/mol. The van der Waals surface area contributed by atoms with E-state index in [1.165, 1.54) is 9.87 Å². The maximum absolute atomic E-state index is 13.1. The Labute approximate surface area is 182 Å². The lowest BCUT2D eigenvalue weighted by molar-refractivity contribution is -0.133. The second kappa shape index (κ2) is 7.66. The molecule has 0 radical (unpaired) electrons. The number of amides is 1. The van der Waals surface area contributed by atoms with Crippen LogP contribution < -0.4 is 0 Å². The predicted octanol–water partition coefficient (Wildman–Crippen LogP) is 3.47. The van der Waals surface area contributed by atoms with E-state index in [2.05, 4.69) is 0 Å². The van der Waals surface area contributed by atoms with E-state index in [1.54, 1.807) is 6.07 Å². The van der Waals surface area contributed by atoms with Crippen LogP contribution in [0.1, 0.15) is 35.4 Å². The molecule has 158 valence electrons. The van der Waals surface area contributed by atoms with Crippen molar-refractivity contribution in [3.63, 3.8) is 0 Å². The number of carbonyl (C=O) groups excluding carboxylic acids is 1. The Morgan fingerprint density at radius 2 is 1.70 bits per heavy atom. The van der Waals surface area contributed by atoms with E-state index < -0.39 is 10.0 Å². The molecule has 1 saturated carbocycles. The molecule has 2 aliphatic carbocycles. The third-order valence-electron chi connectivity index (χ3n) is 6.67. The lowest BCUT2D eigenvalue weighted by Gasteiger charge is -2.34. The zero-order chi connectivity index (χ0) is 20.9. The van der Waals surface area contributed by atoms with E-state index in [0.717, 1.165) is 36.8 Å². The van der Waals surface area contributed by atoms with Crippen LogP contribution in [-0.2, 0) is 27.7 Å². The lowest BCUT2D eigenvalue weighted by atomic mass is 10.1. The van der Waals surface area contributed by atoms with Gasteiger partial charge in [-0.15, -0.1) is 0 Å². The van der Waals surface area contributed by atoms with Crippen LogP contribution in [0.5, 0.6) is 0 Å². The fourth-order valence-electron chi connectivity index (χ4n) is 4.83. The van der Waals surface area contributed by atoms with Crippen LogP contribution in [0.3, 0.4) is 0 Å². The van der Waals surface area contributed by atoms with Crippen molar-refractivity contribution in [2.45, 2.75) is 36.5 Å². The highest BCUT2D eigenvalue weighted by Crippen LogP contribution is 2.50. The van der Waals surface area contributed by atoms with Gasteiger partial charge in [0.05, 0.1) is 4.90 Å². The summed E-state index contributed by atoms with van der Waals surface area (Å²) in [6.07, 6.45) is 3.90. The second-order valence-electron chi connectivity index (χ2n) is 8.48. The summed E-state index contributed by atoms with van der Waals surface area (Å²) in [7, 11) is -3.52. The Morgan fingerprint density at radius 1 is 0.967 bits per heavy atom. The molecule has 1 aliphatic heterocycles. The van der Waals surface area contributed by atoms with E-state index in [-0.39, 0.29) is 17.7 Å². The standard InChI is InChI=1S/C23H25ClN2O3S/c24-22-7-2-1-6-19(22)20-15-21(20)23(27)25-10-12-26(13-11-25)30(28,29)18-9-8-16-4-3-5-17(16)14-18/h1-2,6-9,14,20-21H,3-5,10-13,15H2. The minimum Gasteiger partial charge on any atom is -0.340 e. The first-order chi connectivity index (χ1) is 14.4. The molecule has 1 amide bonds. The summed E-state index contributed by atoms with van der Waals surface area (Å²) in [6.45, 7) is 1.56. The molecule has 0 N–H and O–H groups in total. The highest BCUT2D eigenvalue weighted by atomic mass is 35.5. The normalized spacial score (nSPS) is 24.0. The van der Waals surface area contributed by atoms with Crippen molar-refractivity contribution in [2.75, 3.05) is 26.2 Å². The van der Waals surface area contributed by atoms with Crippen molar-refractivity contribution < 1.29 is 13.2 Å². The Kier molecular flexibility index (Phi) is 5.12. The number of rotatable bonds is 4. The number of aryl methyl sites for hydroxylation is 2. The van der Waals surface area contributed by atoms with Crippen LogP contribution in [0.25, 0.3) is 0 Å². The first-order valence-electron chi connectivity index (χ1n) is 10.6. The van der Waals surface area contributed by atoms with Crippen LogP contribution in [0.4, 0.5) is 0 Å². The summed E-state index contributed by atoms with van der Waals surface area (Å²) in [5, 5.41) is 0.711. The molecule has 2 atom stereocenters. The quantitative estimate of drug-likeness (QED) is 0.725. The molecule has 7 heteroatoms. The molecule has 2 unspecified atom stereocenters. The van der Waals surface area contributed by atoms with Crippen molar-refractivity contribution >= 4 is 27.5 Å². The third kappa shape index (κ3) is 3.55. The van der Waals surface area contributed by atoms with Gasteiger partial charge in [0.15, 0.2) is 0 Å². The van der Waals surface area contributed by atoms with Crippen LogP contribution in [0.2, 0.25) is 5.02 Å². The van der Waals surface area contributed by atoms with Crippen LogP contribution in [0.15, 0.2) is 47.4 Å². The van der Waals surface area contributed by atoms with Gasteiger partial charge in [-0.25, -0.2) is 8.42 Å². The number of hydrogen-bond acceptors (Lipinski definition) is 3. The fourth-order valence-corrected chi connectivity index (χ4v) is 6.58. The topological polar surface area (TPSA) is 57.7 Å². The predicted molar refractivity (Wildman–Crippen MR) is 116 cm³/mol. The molecule has 0 spiro atoms. The summed E-state index contributed by atoms with van der Waals surface area (Å²) < 4.78 is 27.7. The van der Waals surface area contributed by atoms with Gasteiger partial charge in [0.2, 0.25) is 15.9 Å². The van der Waals surface area contributed by atoms with Crippen LogP contribution in [-0.4, -0.2) is 49.7 Å². The van der Waals surface area contributed by atoms with Gasteiger partial charge in [-0.3, -0.25) is 4.79 Å². The summed E-state index contributed by atoms with van der Waals surface area (Å²) in [6, 6.07) is 13.2. The van der Waals surface area contributed by atoms with Crippen molar-refractivity contribution in [3.8, 4) is 0 Å². The van der Waals surface area contributed by atoms with E-state index >= 15 is 0 Å². The first-order valence-corrected chi connectivity index (χ1v) is 12.4. The number of piperazine rings is 1. The Hall–Kier alpha value is -1.89. The molecule has 3 aliphatic rings. The summed E-state index contributed by atoms with van der Waals surface area (Å²) in [5.74, 6) is 0.263. The number of carbonyl (C=O) groups is 1. The van der Waals surface area contributed by atoms with Gasteiger partial charge in [-0.1, -0.05) is 35.9 Å². The minimum atomic E-state index is -3.52. The Morgan fingerprint density at radius 3 is 2.47 bits per heavy atom. The third-order valence-corrected chi connectivity index (χ3v) is 8.91. The smallest absolute Gasteiger partial charge is 0.243 e. The molecular formula is C23H25ClN2O3S. The molecule has 0 aromatic heterocycles. The van der Waals surface area contributed by atoms with Gasteiger partial charge >= 0.3 is 0 Å². The number of nitrogens with zero attached hydrogens (tertiary/aromatic N) is 2. The van der Waals surface area contributed by atoms with Crippen LogP contribution >= 0.6 is 11.6 Å². The summed E-state index contributed by atoms with van der Waals surface area (Å²) in [4.78, 5) is 15.1. The van der Waals surface area contributed by atoms with E-state index in [9.17, 15) is 13.2 Å². The van der Waals surface area contributed by atoms with E-state index in [4.69, 9.17) is 11.6 Å². The second-order valence-corrected chi connectivity index (χ2v) is 10.8. The van der Waals surface area contributed by atoms with Crippen molar-refractivity contribution in [1.29, 1.82) is 0 Å². The summed E-state index contributed by atoms with van der Waals surface area (Å²) in [5.41, 5.74) is 3.46. The average Bonchev–Trinajstić information content (AvgIpc) is 3.41. The average molecular weight is 445 g/mol. The highest BCUT2D eigenvalue weighted by Gasteiger charge is 2.47. The number of halogens is 1. The molecule has 5 nitrogen and oxygen atoms in total. The van der Waals surface area contributed by atoms with Gasteiger partial charge < -0.3 is 4.90 Å². The summed E-state index contributed by atoms with van der Waals surface area (Å²) >= 11 is 6.28. The largest absolute Gasteiger partial charge is 0.340 e. The van der Waals surface area contributed by atoms with Crippen LogP contribution in [0, 0.1) is 5.92 Å². The maximum Gasteiger partial charge on any atom is 0.243 e. The maximum atomic E-state index is 13.1. The molecule has 1 heterocycles. The van der Waals surface area contributed by atoms with E-state index in [1.807, 2.05) is 41.3 Å². The molecule has 30 heavy (non-hydrogen) atoms. The van der Waals surface area contributed by atoms with Gasteiger partial charge in [0.1, 0.15) is 0 Å². The SMILES string of the molecule is O=C(C1CC1c1ccccc1Cl)N1CCN(S(=O)(=O)c2ccc3c(c2)CCC3)CC1. The van der Waals surface area contributed by atoms with Crippen molar-refractivity contribution in [1.82, 2.24) is 9.21 Å². The van der Waals surface area contributed by atoms with Crippen molar-refractivity contribution in [2.24, 2.45) is 5.92 Å². The Balaban J connectivity index is 1.22. The zero-order valence-corrected chi connectivity index (χ0v) is 18.3. The molecule has 1 saturated heterocycles. The molecule has 0 bridgehead atoms. The van der Waals surface area contributed by atoms with Gasteiger partial charge in [0, 0.05) is 37.1 Å². The zero-order valence-electron chi connectivity index (χ0n) is 16.8. The van der Waals surface area contributed by atoms with Crippen molar-refractivity contribution in [3.05, 3.63) is 64.2 Å². The Bertz CT molecular complexity index is 1090. The minimum absolute atomic E-state index is 0.0373. The molecule has 2 fully saturated rings. The monoisotopic (exact) mass is 444 g/mol. The van der Waals surface area contributed by atoms with E-state index in [0.29, 0.717) is 36.1 Å². The first kappa shape index (κ1) is 20.0. The number of benzene rings is 2. The van der Waals surface area contributed by atoms with Gasteiger partial charge in [-0.05, 0) is 66.5 Å². The van der Waals surface area contributed by atoms with Gasteiger partial charge in [-0.2, -0.15) is 4.31 Å². The highest BCUT2D eigenvalue weighted by molar-refractivity contribution is 7.89.